The summed E-state index contributed by atoms with van der Waals surface area (Å²) in [6.45, 7) is 4.46. The van der Waals surface area contributed by atoms with Crippen LogP contribution >= 0.6 is 0 Å². The molecule has 1 saturated heterocycles. The second-order valence-electron chi connectivity index (χ2n) is 8.39. The Morgan fingerprint density at radius 1 is 1.20 bits per heavy atom. The molecule has 1 unspecified atom stereocenters. The van der Waals surface area contributed by atoms with Gasteiger partial charge in [0, 0.05) is 25.8 Å². The molecule has 166 valence electrons. The summed E-state index contributed by atoms with van der Waals surface area (Å²) < 4.78 is 5.14. The fraction of sp³-hybridized carbons (Fsp3) is 0.600. The van der Waals surface area contributed by atoms with Crippen LogP contribution in [0.25, 0.3) is 0 Å². The third-order valence-electron chi connectivity index (χ3n) is 5.35. The van der Waals surface area contributed by atoms with E-state index < -0.39 is 6.10 Å². The number of ether oxygens (including phenoxy) is 1. The number of nitrogens with zero attached hydrogens (tertiary/aromatic N) is 1. The summed E-state index contributed by atoms with van der Waals surface area (Å²) in [5, 5.41) is 10.3. The monoisotopic (exact) mass is 415 g/mol. The minimum absolute atomic E-state index is 0.0567. The molecule has 1 aliphatic heterocycles. The predicted octanol–water partition coefficient (Wildman–Crippen LogP) is 4.43. The van der Waals surface area contributed by atoms with E-state index in [1.807, 2.05) is 61.2 Å². The fourth-order valence-electron chi connectivity index (χ4n) is 3.84. The summed E-state index contributed by atoms with van der Waals surface area (Å²) in [5.41, 5.74) is 1.10. The van der Waals surface area contributed by atoms with Gasteiger partial charge < -0.3 is 14.7 Å². The van der Waals surface area contributed by atoms with Crippen molar-refractivity contribution in [3.8, 4) is 0 Å². The lowest BCUT2D eigenvalue weighted by molar-refractivity contribution is -0.147. The molecule has 0 saturated carbocycles. The number of rotatable bonds is 12. The molecule has 30 heavy (non-hydrogen) atoms. The lowest BCUT2D eigenvalue weighted by atomic mass is 9.99. The van der Waals surface area contributed by atoms with Crippen LogP contribution in [0.4, 0.5) is 0 Å². The number of piperidine rings is 1. The zero-order valence-electron chi connectivity index (χ0n) is 18.5. The number of esters is 1. The van der Waals surface area contributed by atoms with Crippen LogP contribution in [0.2, 0.25) is 0 Å². The number of carbonyl (C=O) groups excluding carboxylic acids is 2. The summed E-state index contributed by atoms with van der Waals surface area (Å²) in [6.07, 6.45) is 10.5. The molecule has 1 heterocycles. The van der Waals surface area contributed by atoms with Gasteiger partial charge in [0.15, 0.2) is 0 Å². The molecule has 0 bridgehead atoms. The van der Waals surface area contributed by atoms with Crippen LogP contribution in [0.15, 0.2) is 42.5 Å². The van der Waals surface area contributed by atoms with Gasteiger partial charge in [0.25, 0.3) is 0 Å². The molecular formula is C25H37NO4. The number of aliphatic hydroxyl groups excluding tert-OH is 1. The van der Waals surface area contributed by atoms with Crippen LogP contribution in [-0.4, -0.2) is 46.7 Å². The van der Waals surface area contributed by atoms with Gasteiger partial charge >= 0.3 is 5.97 Å². The quantitative estimate of drug-likeness (QED) is 0.312. The van der Waals surface area contributed by atoms with Crippen molar-refractivity contribution >= 4 is 11.9 Å². The van der Waals surface area contributed by atoms with Gasteiger partial charge in [-0.2, -0.15) is 0 Å². The van der Waals surface area contributed by atoms with Crippen molar-refractivity contribution in [2.24, 2.45) is 0 Å². The van der Waals surface area contributed by atoms with E-state index in [0.717, 1.165) is 50.6 Å². The van der Waals surface area contributed by atoms with Crippen LogP contribution in [0.1, 0.15) is 70.8 Å². The van der Waals surface area contributed by atoms with Crippen molar-refractivity contribution in [3.05, 3.63) is 48.0 Å². The smallest absolute Gasteiger partial charge is 0.306 e. The summed E-state index contributed by atoms with van der Waals surface area (Å²) >= 11 is 0. The van der Waals surface area contributed by atoms with Gasteiger partial charge in [-0.15, -0.1) is 0 Å². The first-order chi connectivity index (χ1) is 14.5. The van der Waals surface area contributed by atoms with Crippen molar-refractivity contribution in [3.63, 3.8) is 0 Å². The Bertz CT molecular complexity index is 671. The molecule has 1 N–H and O–H groups in total. The molecule has 0 aliphatic carbocycles. The van der Waals surface area contributed by atoms with E-state index in [1.54, 1.807) is 0 Å². The number of likely N-dealkylation sites (tertiary alicyclic amines) is 1. The average Bonchev–Trinajstić information content (AvgIpc) is 2.70. The molecule has 2 rings (SSSR count). The highest BCUT2D eigenvalue weighted by molar-refractivity contribution is 5.77. The fourth-order valence-corrected chi connectivity index (χ4v) is 3.84. The molecule has 0 aromatic heterocycles. The van der Waals surface area contributed by atoms with Gasteiger partial charge in [-0.3, -0.25) is 9.59 Å². The summed E-state index contributed by atoms with van der Waals surface area (Å²) in [7, 11) is 0. The molecule has 5 heteroatoms. The Morgan fingerprint density at radius 2 is 1.93 bits per heavy atom. The lowest BCUT2D eigenvalue weighted by Gasteiger charge is -2.34. The first-order valence-corrected chi connectivity index (χ1v) is 11.3. The number of unbranched alkanes of at least 4 members (excludes halogenated alkanes) is 3. The van der Waals surface area contributed by atoms with Gasteiger partial charge in [-0.05, 0) is 45.1 Å². The molecule has 5 nitrogen and oxygen atoms in total. The second-order valence-corrected chi connectivity index (χ2v) is 8.39. The van der Waals surface area contributed by atoms with Gasteiger partial charge in [0.1, 0.15) is 0 Å². The molecule has 2 atom stereocenters. The van der Waals surface area contributed by atoms with Gasteiger partial charge in [-0.1, -0.05) is 55.3 Å². The Labute approximate surface area is 181 Å². The molecule has 0 spiro atoms. The second kappa shape index (κ2) is 13.2. The van der Waals surface area contributed by atoms with Crippen molar-refractivity contribution in [2.75, 3.05) is 6.54 Å². The SMILES string of the molecule is CC(C)OC(=O)CCCCCCN1C(=O)CCCC1C=C[C@H](O)Cc1ccccc1. The van der Waals surface area contributed by atoms with Crippen LogP contribution in [0.3, 0.4) is 0 Å². The number of hydrogen-bond acceptors (Lipinski definition) is 4. The Balaban J connectivity index is 1.73. The average molecular weight is 416 g/mol. The van der Waals surface area contributed by atoms with E-state index in [9.17, 15) is 14.7 Å². The zero-order chi connectivity index (χ0) is 21.8. The highest BCUT2D eigenvalue weighted by Gasteiger charge is 2.25. The van der Waals surface area contributed by atoms with E-state index in [-0.39, 0.29) is 24.0 Å². The highest BCUT2D eigenvalue weighted by atomic mass is 16.5. The largest absolute Gasteiger partial charge is 0.463 e. The Morgan fingerprint density at radius 3 is 2.67 bits per heavy atom. The molecule has 1 aliphatic rings. The summed E-state index contributed by atoms with van der Waals surface area (Å²) in [6, 6.07) is 10.00. The van der Waals surface area contributed by atoms with E-state index in [4.69, 9.17) is 4.74 Å². The number of amides is 1. The minimum atomic E-state index is -0.545. The standard InChI is InChI=1S/C25H37NO4/c1-20(2)30-25(29)15-8-3-4-9-18-26-22(13-10-14-24(26)28)16-17-23(27)19-21-11-6-5-7-12-21/h5-7,11-12,16-17,20,22-23,27H,3-4,8-10,13-15,18-19H2,1-2H3/t22?,23-/m0/s1. The van der Waals surface area contributed by atoms with Crippen LogP contribution < -0.4 is 0 Å². The highest BCUT2D eigenvalue weighted by Crippen LogP contribution is 2.21. The lowest BCUT2D eigenvalue weighted by Crippen LogP contribution is -2.43. The molecule has 1 aromatic carbocycles. The third kappa shape index (κ3) is 9.12. The Kier molecular flexibility index (Phi) is 10.6. The van der Waals surface area contributed by atoms with E-state index in [1.165, 1.54) is 0 Å². The van der Waals surface area contributed by atoms with E-state index in [0.29, 0.717) is 19.3 Å². The number of hydrogen-bond donors (Lipinski definition) is 1. The maximum absolute atomic E-state index is 12.4. The van der Waals surface area contributed by atoms with Crippen molar-refractivity contribution < 1.29 is 19.4 Å². The summed E-state index contributed by atoms with van der Waals surface area (Å²) in [5.74, 6) is 0.0735. The maximum Gasteiger partial charge on any atom is 0.306 e. The summed E-state index contributed by atoms with van der Waals surface area (Å²) in [4.78, 5) is 25.9. The van der Waals surface area contributed by atoms with Gasteiger partial charge in [-0.25, -0.2) is 0 Å². The molecule has 1 aromatic rings. The van der Waals surface area contributed by atoms with Crippen LogP contribution in [0, 0.1) is 0 Å². The van der Waals surface area contributed by atoms with Crippen molar-refractivity contribution in [1.29, 1.82) is 0 Å². The number of aliphatic hydroxyl groups is 1. The Hall–Kier alpha value is -2.14. The van der Waals surface area contributed by atoms with Crippen LogP contribution in [0.5, 0.6) is 0 Å². The first kappa shape index (κ1) is 24.1. The van der Waals surface area contributed by atoms with Crippen molar-refractivity contribution in [2.45, 2.75) is 89.9 Å². The molecule has 1 amide bonds. The molecule has 1 fully saturated rings. The topological polar surface area (TPSA) is 66.8 Å². The number of carbonyl (C=O) groups is 2. The zero-order valence-corrected chi connectivity index (χ0v) is 18.5. The maximum atomic E-state index is 12.4. The van der Waals surface area contributed by atoms with Gasteiger partial charge in [0.2, 0.25) is 5.91 Å². The minimum Gasteiger partial charge on any atom is -0.463 e. The number of benzene rings is 1. The predicted molar refractivity (Wildman–Crippen MR) is 119 cm³/mol. The van der Waals surface area contributed by atoms with Crippen LogP contribution in [-0.2, 0) is 20.7 Å². The van der Waals surface area contributed by atoms with E-state index >= 15 is 0 Å². The third-order valence-corrected chi connectivity index (χ3v) is 5.35. The normalized spacial score (nSPS) is 18.2. The van der Waals surface area contributed by atoms with Gasteiger partial charge in [0.05, 0.1) is 18.2 Å². The molecule has 0 radical (unpaired) electrons. The van der Waals surface area contributed by atoms with Crippen molar-refractivity contribution in [1.82, 2.24) is 4.90 Å². The first-order valence-electron chi connectivity index (χ1n) is 11.3. The van der Waals surface area contributed by atoms with E-state index in [2.05, 4.69) is 0 Å². The molecular weight excluding hydrogens is 378 g/mol.